The van der Waals surface area contributed by atoms with Crippen LogP contribution in [0.4, 0.5) is 15.8 Å². The summed E-state index contributed by atoms with van der Waals surface area (Å²) in [6.07, 6.45) is 1.67. The third-order valence-electron chi connectivity index (χ3n) is 5.22. The molecule has 3 rings (SSSR count). The first-order valence-electron chi connectivity index (χ1n) is 10.0. The fourth-order valence-electron chi connectivity index (χ4n) is 3.63. The molecule has 0 unspecified atom stereocenters. The standard InChI is InChI=1S/C21H29FN4O3S/c1-4-30(27,28)26-10-9-25(14-19(26)15-29-3)13-17-6-8-20(22)21(11-17)24-18-7-5-16(2)23-12-18/h5-8,11-12,19,24H,4,9-10,13-15H2,1-3H3/t19-/m1/s1. The maximum atomic E-state index is 14.3. The molecular formula is C21H29FN4O3S. The molecule has 1 fully saturated rings. The third kappa shape index (κ3) is 5.54. The van der Waals surface area contributed by atoms with Crippen LogP contribution in [0.25, 0.3) is 0 Å². The van der Waals surface area contributed by atoms with Crippen molar-refractivity contribution in [2.45, 2.75) is 26.4 Å². The fraction of sp³-hybridized carbons (Fsp3) is 0.476. The number of benzene rings is 1. The van der Waals surface area contributed by atoms with Crippen LogP contribution in [0.5, 0.6) is 0 Å². The van der Waals surface area contributed by atoms with Crippen LogP contribution >= 0.6 is 0 Å². The first-order chi connectivity index (χ1) is 14.3. The first-order valence-corrected chi connectivity index (χ1v) is 11.6. The topological polar surface area (TPSA) is 74.8 Å². The summed E-state index contributed by atoms with van der Waals surface area (Å²) in [6, 6.07) is 8.49. The maximum absolute atomic E-state index is 14.3. The van der Waals surface area contributed by atoms with E-state index in [2.05, 4.69) is 15.2 Å². The van der Waals surface area contributed by atoms with Crippen LogP contribution < -0.4 is 5.32 Å². The largest absolute Gasteiger partial charge is 0.383 e. The minimum atomic E-state index is -3.28. The van der Waals surface area contributed by atoms with Crippen LogP contribution in [0.3, 0.4) is 0 Å². The first kappa shape index (κ1) is 22.6. The maximum Gasteiger partial charge on any atom is 0.214 e. The summed E-state index contributed by atoms with van der Waals surface area (Å²) < 4.78 is 45.9. The number of anilines is 2. The second-order valence-corrected chi connectivity index (χ2v) is 9.69. The zero-order valence-corrected chi connectivity index (χ0v) is 18.5. The molecule has 9 heteroatoms. The number of methoxy groups -OCH3 is 1. The number of hydrogen-bond acceptors (Lipinski definition) is 6. The van der Waals surface area contributed by atoms with E-state index in [1.54, 1.807) is 36.7 Å². The van der Waals surface area contributed by atoms with E-state index in [0.717, 1.165) is 16.9 Å². The van der Waals surface area contributed by atoms with Crippen LogP contribution in [-0.4, -0.2) is 67.8 Å². The molecular weight excluding hydrogens is 407 g/mol. The molecule has 1 aromatic carbocycles. The molecule has 164 valence electrons. The Bertz CT molecular complexity index is 953. The molecule has 0 aliphatic carbocycles. The minimum Gasteiger partial charge on any atom is -0.383 e. The molecule has 2 aromatic rings. The van der Waals surface area contributed by atoms with Gasteiger partial charge in [0.05, 0.1) is 36.0 Å². The minimum absolute atomic E-state index is 0.0775. The van der Waals surface area contributed by atoms with E-state index < -0.39 is 10.0 Å². The highest BCUT2D eigenvalue weighted by molar-refractivity contribution is 7.89. The van der Waals surface area contributed by atoms with Crippen LogP contribution in [0.2, 0.25) is 0 Å². The summed E-state index contributed by atoms with van der Waals surface area (Å²) in [5.41, 5.74) is 2.94. The predicted octanol–water partition coefficient (Wildman–Crippen LogP) is 2.76. The average molecular weight is 437 g/mol. The summed E-state index contributed by atoms with van der Waals surface area (Å²) in [7, 11) is -1.70. The van der Waals surface area contributed by atoms with Crippen molar-refractivity contribution in [3.8, 4) is 0 Å². The highest BCUT2D eigenvalue weighted by Gasteiger charge is 2.34. The average Bonchev–Trinajstić information content (AvgIpc) is 2.72. The van der Waals surface area contributed by atoms with Crippen LogP contribution in [0, 0.1) is 12.7 Å². The Morgan fingerprint density at radius 1 is 1.27 bits per heavy atom. The molecule has 0 spiro atoms. The van der Waals surface area contributed by atoms with Gasteiger partial charge in [-0.3, -0.25) is 9.88 Å². The molecule has 1 aliphatic heterocycles. The van der Waals surface area contributed by atoms with Crippen LogP contribution in [0.15, 0.2) is 36.5 Å². The monoisotopic (exact) mass is 436 g/mol. The summed E-state index contributed by atoms with van der Waals surface area (Å²) in [6.45, 7) is 6.09. The molecule has 1 N–H and O–H groups in total. The van der Waals surface area contributed by atoms with Crippen molar-refractivity contribution in [2.75, 3.05) is 44.4 Å². The normalized spacial score (nSPS) is 18.5. The van der Waals surface area contributed by atoms with Crippen molar-refractivity contribution in [3.05, 3.63) is 53.6 Å². The van der Waals surface area contributed by atoms with Gasteiger partial charge in [0.1, 0.15) is 5.82 Å². The zero-order chi connectivity index (χ0) is 21.7. The van der Waals surface area contributed by atoms with Crippen molar-refractivity contribution in [1.29, 1.82) is 0 Å². The van der Waals surface area contributed by atoms with Crippen molar-refractivity contribution in [3.63, 3.8) is 0 Å². The number of halogens is 1. The van der Waals surface area contributed by atoms with E-state index in [0.29, 0.717) is 38.5 Å². The third-order valence-corrected chi connectivity index (χ3v) is 7.15. The number of nitrogens with one attached hydrogen (secondary N) is 1. The van der Waals surface area contributed by atoms with Crippen LogP contribution in [-0.2, 0) is 21.3 Å². The van der Waals surface area contributed by atoms with Gasteiger partial charge in [-0.15, -0.1) is 0 Å². The quantitative estimate of drug-likeness (QED) is 0.686. The van der Waals surface area contributed by atoms with E-state index in [4.69, 9.17) is 4.74 Å². The number of aryl methyl sites for hydroxylation is 1. The van der Waals surface area contributed by atoms with E-state index >= 15 is 0 Å². The number of nitrogens with zero attached hydrogens (tertiary/aromatic N) is 3. The number of pyridine rings is 1. The number of sulfonamides is 1. The smallest absolute Gasteiger partial charge is 0.214 e. The predicted molar refractivity (Wildman–Crippen MR) is 116 cm³/mol. The van der Waals surface area contributed by atoms with E-state index in [9.17, 15) is 12.8 Å². The van der Waals surface area contributed by atoms with Crippen LogP contribution in [0.1, 0.15) is 18.2 Å². The van der Waals surface area contributed by atoms with E-state index in [1.807, 2.05) is 19.1 Å². The second kappa shape index (κ2) is 9.82. The molecule has 1 aromatic heterocycles. The number of aromatic nitrogens is 1. The van der Waals surface area contributed by atoms with Gasteiger partial charge in [-0.1, -0.05) is 6.07 Å². The van der Waals surface area contributed by atoms with Crippen molar-refractivity contribution < 1.29 is 17.5 Å². The Morgan fingerprint density at radius 2 is 2.07 bits per heavy atom. The van der Waals surface area contributed by atoms with Gasteiger partial charge in [0.2, 0.25) is 10.0 Å². The number of piperazine rings is 1. The highest BCUT2D eigenvalue weighted by Crippen LogP contribution is 2.23. The van der Waals surface area contributed by atoms with Gasteiger partial charge in [-0.2, -0.15) is 4.31 Å². The zero-order valence-electron chi connectivity index (χ0n) is 17.6. The van der Waals surface area contributed by atoms with Crippen molar-refractivity contribution in [1.82, 2.24) is 14.2 Å². The van der Waals surface area contributed by atoms with E-state index in [-0.39, 0.29) is 17.6 Å². The lowest BCUT2D eigenvalue weighted by atomic mass is 10.1. The fourth-order valence-corrected chi connectivity index (χ4v) is 4.90. The Balaban J connectivity index is 1.71. The molecule has 1 saturated heterocycles. The molecule has 2 heterocycles. The second-order valence-electron chi connectivity index (χ2n) is 7.48. The summed E-state index contributed by atoms with van der Waals surface area (Å²) in [5, 5.41) is 3.08. The number of rotatable bonds is 8. The van der Waals surface area contributed by atoms with Gasteiger partial charge in [0.15, 0.2) is 0 Å². The Kier molecular flexibility index (Phi) is 7.41. The molecule has 0 radical (unpaired) electrons. The SMILES string of the molecule is CCS(=O)(=O)N1CCN(Cc2ccc(F)c(Nc3ccc(C)nc3)c2)C[C@@H]1COC. The lowest BCUT2D eigenvalue weighted by Crippen LogP contribution is -2.56. The van der Waals surface area contributed by atoms with Crippen molar-refractivity contribution in [2.24, 2.45) is 0 Å². The molecule has 1 atom stereocenters. The van der Waals surface area contributed by atoms with E-state index in [1.165, 1.54) is 6.07 Å². The van der Waals surface area contributed by atoms with Gasteiger partial charge in [-0.25, -0.2) is 12.8 Å². The van der Waals surface area contributed by atoms with Gasteiger partial charge < -0.3 is 10.1 Å². The molecule has 0 amide bonds. The molecule has 1 aliphatic rings. The summed E-state index contributed by atoms with van der Waals surface area (Å²) in [4.78, 5) is 6.40. The van der Waals surface area contributed by atoms with Gasteiger partial charge in [-0.05, 0) is 43.7 Å². The molecule has 0 bridgehead atoms. The molecule has 7 nitrogen and oxygen atoms in total. The summed E-state index contributed by atoms with van der Waals surface area (Å²) in [5.74, 6) is -0.260. The molecule has 30 heavy (non-hydrogen) atoms. The lowest BCUT2D eigenvalue weighted by molar-refractivity contribution is 0.0664. The molecule has 0 saturated carbocycles. The Hall–Kier alpha value is -2.07. The Labute approximate surface area is 177 Å². The summed E-state index contributed by atoms with van der Waals surface area (Å²) >= 11 is 0. The number of ether oxygens (including phenoxy) is 1. The van der Waals surface area contributed by atoms with Gasteiger partial charge in [0.25, 0.3) is 0 Å². The lowest BCUT2D eigenvalue weighted by Gasteiger charge is -2.40. The Morgan fingerprint density at radius 3 is 2.73 bits per heavy atom. The number of hydrogen-bond donors (Lipinski definition) is 1. The highest BCUT2D eigenvalue weighted by atomic mass is 32.2. The van der Waals surface area contributed by atoms with Gasteiger partial charge in [0, 0.05) is 39.0 Å². The van der Waals surface area contributed by atoms with Crippen molar-refractivity contribution >= 4 is 21.4 Å². The van der Waals surface area contributed by atoms with Gasteiger partial charge >= 0.3 is 0 Å².